The van der Waals surface area contributed by atoms with Gasteiger partial charge in [-0.1, -0.05) is 0 Å². The second-order valence-corrected chi connectivity index (χ2v) is 9.57. The van der Waals surface area contributed by atoms with Gasteiger partial charge in [-0.2, -0.15) is 0 Å². The van der Waals surface area contributed by atoms with E-state index in [1.165, 1.54) is 0 Å². The van der Waals surface area contributed by atoms with Crippen LogP contribution in [-0.4, -0.2) is 111 Å². The molecule has 18 heteroatoms. The van der Waals surface area contributed by atoms with Crippen molar-refractivity contribution in [2.24, 2.45) is 0 Å². The molecule has 0 aromatic heterocycles. The minimum atomic E-state index is -1.87. The van der Waals surface area contributed by atoms with E-state index < -0.39 is 124 Å². The van der Waals surface area contributed by atoms with E-state index in [4.69, 9.17) is 18.9 Å². The number of carboxylic acids is 1. The van der Waals surface area contributed by atoms with Crippen molar-refractivity contribution >= 4 is 11.9 Å². The Morgan fingerprint density at radius 1 is 0.733 bits per heavy atom. The molecule has 3 aromatic carbocycles. The molecule has 5 unspecified atom stereocenters. The standard InChI is InChI=1S/C27H26O18/c28-6-16-19(35)20(36)22(38)27(44-16)45-24-13(31)1-8(2-14(24)32)7-42-26(41)10-5-12(30)18(34)21(37)23(10)43-15-4-9(25(39)40)3-11(29)17(15)33/h1-5,16,19-20,22,27-38H,6-7H2,(H,39,40). The number of phenolic OH excluding ortho intramolecular Hbond substituents is 7. The van der Waals surface area contributed by atoms with Crippen LogP contribution in [0.5, 0.6) is 57.5 Å². The third kappa shape index (κ3) is 6.44. The maximum Gasteiger partial charge on any atom is 0.342 e. The summed E-state index contributed by atoms with van der Waals surface area (Å²) in [7, 11) is 0. The number of hydrogen-bond donors (Lipinski definition) is 12. The lowest BCUT2D eigenvalue weighted by Crippen LogP contribution is -2.60. The first kappa shape index (κ1) is 32.5. The second-order valence-electron chi connectivity index (χ2n) is 9.57. The smallest absolute Gasteiger partial charge is 0.342 e. The lowest BCUT2D eigenvalue weighted by molar-refractivity contribution is -0.277. The molecule has 0 bridgehead atoms. The lowest BCUT2D eigenvalue weighted by atomic mass is 9.99. The highest BCUT2D eigenvalue weighted by Gasteiger charge is 2.45. The van der Waals surface area contributed by atoms with Crippen LogP contribution < -0.4 is 9.47 Å². The van der Waals surface area contributed by atoms with Crippen molar-refractivity contribution in [1.82, 2.24) is 0 Å². The largest absolute Gasteiger partial charge is 0.504 e. The molecule has 0 spiro atoms. The van der Waals surface area contributed by atoms with Crippen molar-refractivity contribution in [3.8, 4) is 57.5 Å². The molecular formula is C27H26O18. The van der Waals surface area contributed by atoms with Crippen LogP contribution >= 0.6 is 0 Å². The maximum absolute atomic E-state index is 13.0. The summed E-state index contributed by atoms with van der Waals surface area (Å²) in [6.45, 7) is -1.49. The molecule has 1 saturated heterocycles. The third-order valence-electron chi connectivity index (χ3n) is 6.50. The van der Waals surface area contributed by atoms with Crippen LogP contribution in [0.1, 0.15) is 26.3 Å². The predicted molar refractivity (Wildman–Crippen MR) is 142 cm³/mol. The summed E-state index contributed by atoms with van der Waals surface area (Å²) >= 11 is 0. The fourth-order valence-electron chi connectivity index (χ4n) is 4.15. The van der Waals surface area contributed by atoms with E-state index in [0.717, 1.165) is 18.2 Å². The molecule has 4 rings (SSSR count). The minimum absolute atomic E-state index is 0.0917. The number of aromatic hydroxyl groups is 7. The number of rotatable bonds is 9. The number of carboxylic acid groups (broad SMARTS) is 1. The van der Waals surface area contributed by atoms with Crippen LogP contribution in [0.2, 0.25) is 0 Å². The zero-order valence-electron chi connectivity index (χ0n) is 22.5. The number of aromatic carboxylic acids is 1. The van der Waals surface area contributed by atoms with Crippen molar-refractivity contribution in [2.75, 3.05) is 6.61 Å². The van der Waals surface area contributed by atoms with Gasteiger partial charge in [-0.3, -0.25) is 0 Å². The molecule has 0 amide bonds. The number of phenols is 7. The van der Waals surface area contributed by atoms with E-state index in [9.17, 15) is 70.9 Å². The molecule has 1 aliphatic heterocycles. The Morgan fingerprint density at radius 3 is 1.96 bits per heavy atom. The van der Waals surface area contributed by atoms with Gasteiger partial charge in [0.15, 0.2) is 34.5 Å². The summed E-state index contributed by atoms with van der Waals surface area (Å²) in [6, 6.07) is 3.87. The highest BCUT2D eigenvalue weighted by atomic mass is 16.7. The molecule has 1 heterocycles. The van der Waals surface area contributed by atoms with E-state index in [2.05, 4.69) is 0 Å². The highest BCUT2D eigenvalue weighted by Crippen LogP contribution is 2.49. The van der Waals surface area contributed by atoms with Gasteiger partial charge < -0.3 is 80.2 Å². The Bertz CT molecular complexity index is 1590. The summed E-state index contributed by atoms with van der Waals surface area (Å²) in [5, 5.41) is 119. The fourth-order valence-corrected chi connectivity index (χ4v) is 4.15. The van der Waals surface area contributed by atoms with Crippen molar-refractivity contribution in [3.63, 3.8) is 0 Å². The molecule has 242 valence electrons. The van der Waals surface area contributed by atoms with E-state index in [1.807, 2.05) is 0 Å². The minimum Gasteiger partial charge on any atom is -0.504 e. The molecule has 1 aliphatic rings. The normalized spacial score (nSPS) is 21.2. The van der Waals surface area contributed by atoms with Gasteiger partial charge >= 0.3 is 11.9 Å². The molecule has 45 heavy (non-hydrogen) atoms. The summed E-state index contributed by atoms with van der Waals surface area (Å²) in [5.74, 6) is -12.3. The van der Waals surface area contributed by atoms with Crippen molar-refractivity contribution < 1.29 is 89.8 Å². The fraction of sp³-hybridized carbons (Fsp3) is 0.259. The van der Waals surface area contributed by atoms with Gasteiger partial charge in [0.05, 0.1) is 12.2 Å². The first-order valence-electron chi connectivity index (χ1n) is 12.6. The number of hydrogen-bond acceptors (Lipinski definition) is 17. The molecule has 5 atom stereocenters. The van der Waals surface area contributed by atoms with E-state index >= 15 is 0 Å². The Labute approximate surface area is 250 Å². The monoisotopic (exact) mass is 638 g/mol. The van der Waals surface area contributed by atoms with E-state index in [1.54, 1.807) is 0 Å². The van der Waals surface area contributed by atoms with Gasteiger partial charge in [0.2, 0.25) is 29.3 Å². The highest BCUT2D eigenvalue weighted by molar-refractivity contribution is 5.95. The number of carbonyl (C=O) groups excluding carboxylic acids is 1. The first-order chi connectivity index (χ1) is 21.1. The number of aliphatic hydroxyl groups is 4. The van der Waals surface area contributed by atoms with Crippen LogP contribution in [-0.2, 0) is 16.1 Å². The number of carbonyl (C=O) groups is 2. The van der Waals surface area contributed by atoms with Gasteiger partial charge in [0.25, 0.3) is 0 Å². The summed E-state index contributed by atoms with van der Waals surface area (Å²) in [5.41, 5.74) is -1.45. The zero-order valence-corrected chi connectivity index (χ0v) is 22.5. The van der Waals surface area contributed by atoms with Crippen molar-refractivity contribution in [1.29, 1.82) is 0 Å². The molecular weight excluding hydrogens is 612 g/mol. The van der Waals surface area contributed by atoms with E-state index in [0.29, 0.717) is 12.1 Å². The molecule has 1 fully saturated rings. The van der Waals surface area contributed by atoms with E-state index in [-0.39, 0.29) is 5.56 Å². The first-order valence-corrected chi connectivity index (χ1v) is 12.6. The van der Waals surface area contributed by atoms with Gasteiger partial charge in [0, 0.05) is 6.07 Å². The number of ether oxygens (including phenoxy) is 4. The molecule has 12 N–H and O–H groups in total. The average Bonchev–Trinajstić information content (AvgIpc) is 2.99. The average molecular weight is 638 g/mol. The van der Waals surface area contributed by atoms with Crippen LogP contribution in [0.15, 0.2) is 30.3 Å². The van der Waals surface area contributed by atoms with Crippen molar-refractivity contribution in [2.45, 2.75) is 37.3 Å². The lowest BCUT2D eigenvalue weighted by Gasteiger charge is -2.39. The molecule has 0 saturated carbocycles. The Morgan fingerprint density at radius 2 is 1.36 bits per heavy atom. The SMILES string of the molecule is O=C(O)c1cc(O)c(O)c(Oc2c(C(=O)OCc3cc(O)c(OC4OC(CO)C(O)C(O)C4O)c(O)c3)cc(O)c(O)c2O)c1. The Kier molecular flexibility index (Phi) is 9.16. The second kappa shape index (κ2) is 12.7. The van der Waals surface area contributed by atoms with Gasteiger partial charge in [0.1, 0.15) is 36.6 Å². The number of aliphatic hydroxyl groups excluding tert-OH is 4. The Hall–Kier alpha value is -5.40. The summed E-state index contributed by atoms with van der Waals surface area (Å²) < 4.78 is 20.7. The van der Waals surface area contributed by atoms with Crippen LogP contribution in [0.4, 0.5) is 0 Å². The molecule has 3 aromatic rings. The summed E-state index contributed by atoms with van der Waals surface area (Å²) in [6.07, 6.45) is -8.48. The van der Waals surface area contributed by atoms with Crippen molar-refractivity contribution in [3.05, 3.63) is 47.0 Å². The number of benzene rings is 3. The zero-order chi connectivity index (χ0) is 33.3. The molecule has 0 aliphatic carbocycles. The Balaban J connectivity index is 1.56. The van der Waals surface area contributed by atoms with Crippen LogP contribution in [0.25, 0.3) is 0 Å². The quantitative estimate of drug-likeness (QED) is 0.105. The summed E-state index contributed by atoms with van der Waals surface area (Å²) in [4.78, 5) is 24.3. The topological polar surface area (TPSA) is 314 Å². The molecule has 0 radical (unpaired) electrons. The molecule has 18 nitrogen and oxygen atoms in total. The van der Waals surface area contributed by atoms with Crippen LogP contribution in [0.3, 0.4) is 0 Å². The van der Waals surface area contributed by atoms with Crippen LogP contribution in [0, 0.1) is 0 Å². The predicted octanol–water partition coefficient (Wildman–Crippen LogP) is -0.348. The van der Waals surface area contributed by atoms with Gasteiger partial charge in [-0.05, 0) is 29.8 Å². The third-order valence-corrected chi connectivity index (χ3v) is 6.50. The number of esters is 1. The maximum atomic E-state index is 13.0. The van der Waals surface area contributed by atoms with Gasteiger partial charge in [-0.15, -0.1) is 0 Å². The van der Waals surface area contributed by atoms with Gasteiger partial charge in [-0.25, -0.2) is 9.59 Å².